The fourth-order valence-electron chi connectivity index (χ4n) is 3.30. The van der Waals surface area contributed by atoms with Gasteiger partial charge in [0.15, 0.2) is 0 Å². The van der Waals surface area contributed by atoms with Crippen LogP contribution in [0.25, 0.3) is 0 Å². The number of carbonyl (C=O) groups excluding carboxylic acids is 1. The second-order valence-electron chi connectivity index (χ2n) is 6.02. The molecular formula is C16H24N2O2. The van der Waals surface area contributed by atoms with Crippen molar-refractivity contribution in [2.75, 3.05) is 18.0 Å². The number of hydrogen-bond donors (Lipinski definition) is 2. The molecule has 0 bridgehead atoms. The second-order valence-corrected chi connectivity index (χ2v) is 6.02. The van der Waals surface area contributed by atoms with Crippen LogP contribution in [0.2, 0.25) is 0 Å². The number of carbonyl (C=O) groups is 1. The van der Waals surface area contributed by atoms with Crippen molar-refractivity contribution in [2.45, 2.75) is 33.6 Å². The molecule has 0 saturated heterocycles. The van der Waals surface area contributed by atoms with Crippen LogP contribution in [-0.4, -0.2) is 24.1 Å². The number of benzene rings is 1. The summed E-state index contributed by atoms with van der Waals surface area (Å²) in [5, 5.41) is 9.67. The first-order valence-corrected chi connectivity index (χ1v) is 7.25. The quantitative estimate of drug-likeness (QED) is 0.887. The van der Waals surface area contributed by atoms with Gasteiger partial charge in [0.2, 0.25) is 5.91 Å². The van der Waals surface area contributed by atoms with Crippen LogP contribution < -0.4 is 10.6 Å². The molecule has 0 unspecified atom stereocenters. The number of anilines is 1. The van der Waals surface area contributed by atoms with E-state index in [9.17, 15) is 9.90 Å². The molecule has 0 radical (unpaired) electrons. The fourth-order valence-corrected chi connectivity index (χ4v) is 3.30. The third-order valence-electron chi connectivity index (χ3n) is 4.37. The summed E-state index contributed by atoms with van der Waals surface area (Å²) in [5.41, 5.74) is 7.23. The van der Waals surface area contributed by atoms with Crippen molar-refractivity contribution in [1.29, 1.82) is 0 Å². The Bertz CT molecular complexity index is 507. The zero-order valence-electron chi connectivity index (χ0n) is 12.5. The van der Waals surface area contributed by atoms with Crippen LogP contribution in [0.3, 0.4) is 0 Å². The molecule has 1 fully saturated rings. The van der Waals surface area contributed by atoms with Crippen LogP contribution in [-0.2, 0) is 4.79 Å². The zero-order valence-corrected chi connectivity index (χ0v) is 12.5. The summed E-state index contributed by atoms with van der Waals surface area (Å²) >= 11 is 0. The predicted octanol–water partition coefficient (Wildman–Crippen LogP) is 2.43. The smallest absolute Gasteiger partial charge is 0.234 e. The highest BCUT2D eigenvalue weighted by molar-refractivity contribution is 5.99. The molecule has 3 N–H and O–H groups in total. The largest absolute Gasteiger partial charge is 0.508 e. The van der Waals surface area contributed by atoms with Gasteiger partial charge in [0, 0.05) is 19.2 Å². The van der Waals surface area contributed by atoms with Gasteiger partial charge in [0.05, 0.1) is 11.1 Å². The molecule has 1 amide bonds. The third kappa shape index (κ3) is 2.40. The van der Waals surface area contributed by atoms with E-state index in [-0.39, 0.29) is 11.7 Å². The van der Waals surface area contributed by atoms with Crippen molar-refractivity contribution in [1.82, 2.24) is 0 Å². The minimum atomic E-state index is -0.409. The van der Waals surface area contributed by atoms with E-state index in [0.29, 0.717) is 19.0 Å². The van der Waals surface area contributed by atoms with E-state index in [1.54, 1.807) is 17.0 Å². The first kappa shape index (κ1) is 14.9. The Hall–Kier alpha value is -1.55. The summed E-state index contributed by atoms with van der Waals surface area (Å²) in [5.74, 6) is 0.835. The Morgan fingerprint density at radius 3 is 2.65 bits per heavy atom. The summed E-state index contributed by atoms with van der Waals surface area (Å²) < 4.78 is 0. The molecule has 1 aromatic rings. The number of amides is 1. The highest BCUT2D eigenvalue weighted by Crippen LogP contribution is 2.46. The van der Waals surface area contributed by atoms with E-state index in [4.69, 9.17) is 5.73 Å². The topological polar surface area (TPSA) is 66.6 Å². The number of aryl methyl sites for hydroxylation is 1. The molecule has 0 aromatic heterocycles. The minimum absolute atomic E-state index is 0.0919. The Balaban J connectivity index is 2.32. The van der Waals surface area contributed by atoms with Crippen LogP contribution in [0.1, 0.15) is 32.3 Å². The number of nitrogens with zero attached hydrogens (tertiary/aromatic N) is 1. The lowest BCUT2D eigenvalue weighted by Crippen LogP contribution is -2.55. The van der Waals surface area contributed by atoms with Crippen LogP contribution in [0.15, 0.2) is 18.2 Å². The van der Waals surface area contributed by atoms with Gasteiger partial charge in [-0.15, -0.1) is 0 Å². The van der Waals surface area contributed by atoms with E-state index in [0.717, 1.165) is 24.1 Å². The molecule has 1 aliphatic rings. The molecule has 0 atom stereocenters. The first-order valence-electron chi connectivity index (χ1n) is 7.25. The van der Waals surface area contributed by atoms with Crippen molar-refractivity contribution in [3.8, 4) is 5.75 Å². The van der Waals surface area contributed by atoms with Crippen LogP contribution >= 0.6 is 0 Å². The molecule has 2 rings (SSSR count). The van der Waals surface area contributed by atoms with E-state index < -0.39 is 5.41 Å². The summed E-state index contributed by atoms with van der Waals surface area (Å²) in [4.78, 5) is 14.6. The van der Waals surface area contributed by atoms with Crippen molar-refractivity contribution in [2.24, 2.45) is 17.1 Å². The van der Waals surface area contributed by atoms with Gasteiger partial charge >= 0.3 is 0 Å². The van der Waals surface area contributed by atoms with Crippen molar-refractivity contribution in [3.63, 3.8) is 0 Å². The Labute approximate surface area is 120 Å². The van der Waals surface area contributed by atoms with Gasteiger partial charge in [-0.05, 0) is 44.2 Å². The minimum Gasteiger partial charge on any atom is -0.508 e. The molecule has 4 heteroatoms. The highest BCUT2D eigenvalue weighted by Gasteiger charge is 2.49. The average Bonchev–Trinajstić information content (AvgIpc) is 2.39. The maximum Gasteiger partial charge on any atom is 0.234 e. The summed E-state index contributed by atoms with van der Waals surface area (Å²) in [6, 6.07) is 5.13. The molecule has 0 aliphatic heterocycles. The van der Waals surface area contributed by atoms with Crippen molar-refractivity contribution in [3.05, 3.63) is 23.8 Å². The summed E-state index contributed by atoms with van der Waals surface area (Å²) in [6.45, 7) is 7.03. The van der Waals surface area contributed by atoms with Gasteiger partial charge in [-0.3, -0.25) is 4.79 Å². The number of phenolic OH excluding ortho intramolecular Hbond substituents is 1. The highest BCUT2D eigenvalue weighted by atomic mass is 16.3. The number of nitrogens with two attached hydrogens (primary N) is 1. The maximum atomic E-state index is 12.9. The summed E-state index contributed by atoms with van der Waals surface area (Å²) in [6.07, 6.45) is 1.72. The normalized spacial score (nSPS) is 25.1. The molecule has 0 spiro atoms. The monoisotopic (exact) mass is 276 g/mol. The fraction of sp³-hybridized carbons (Fsp3) is 0.562. The zero-order chi connectivity index (χ0) is 14.9. The lowest BCUT2D eigenvalue weighted by atomic mass is 9.61. The number of aromatic hydroxyl groups is 1. The van der Waals surface area contributed by atoms with Gasteiger partial charge in [0.25, 0.3) is 0 Å². The van der Waals surface area contributed by atoms with Crippen LogP contribution in [0.4, 0.5) is 5.69 Å². The molecule has 1 aromatic carbocycles. The van der Waals surface area contributed by atoms with E-state index in [2.05, 4.69) is 6.92 Å². The standard InChI is InChI=1S/C16H24N2O2/c1-4-18(14-7-13(19)6-5-12(14)3)15(20)16(10-17)8-11(2)9-16/h5-7,11,19H,4,8-10,17H2,1-3H3. The van der Waals surface area contributed by atoms with Crippen LogP contribution in [0, 0.1) is 18.3 Å². The van der Waals surface area contributed by atoms with Gasteiger partial charge in [0.1, 0.15) is 5.75 Å². The van der Waals surface area contributed by atoms with Gasteiger partial charge in [-0.1, -0.05) is 13.0 Å². The molecule has 110 valence electrons. The number of hydrogen-bond acceptors (Lipinski definition) is 3. The van der Waals surface area contributed by atoms with Gasteiger partial charge < -0.3 is 15.7 Å². The second kappa shape index (κ2) is 5.44. The molecule has 1 saturated carbocycles. The Morgan fingerprint density at radius 2 is 2.15 bits per heavy atom. The summed E-state index contributed by atoms with van der Waals surface area (Å²) in [7, 11) is 0. The molecular weight excluding hydrogens is 252 g/mol. The number of phenols is 1. The molecule has 4 nitrogen and oxygen atoms in total. The number of rotatable bonds is 4. The molecule has 20 heavy (non-hydrogen) atoms. The van der Waals surface area contributed by atoms with E-state index in [1.807, 2.05) is 19.9 Å². The Morgan fingerprint density at radius 1 is 1.50 bits per heavy atom. The van der Waals surface area contributed by atoms with E-state index >= 15 is 0 Å². The van der Waals surface area contributed by atoms with Gasteiger partial charge in [-0.25, -0.2) is 0 Å². The van der Waals surface area contributed by atoms with E-state index in [1.165, 1.54) is 0 Å². The Kier molecular flexibility index (Phi) is 4.04. The third-order valence-corrected chi connectivity index (χ3v) is 4.37. The molecule has 1 aliphatic carbocycles. The predicted molar refractivity (Wildman–Crippen MR) is 80.8 cm³/mol. The molecule has 0 heterocycles. The maximum absolute atomic E-state index is 12.9. The van der Waals surface area contributed by atoms with Crippen LogP contribution in [0.5, 0.6) is 5.75 Å². The SMILES string of the molecule is CCN(C(=O)C1(CN)CC(C)C1)c1cc(O)ccc1C. The first-order chi connectivity index (χ1) is 9.43. The average molecular weight is 276 g/mol. The van der Waals surface area contributed by atoms with Gasteiger partial charge in [-0.2, -0.15) is 0 Å². The lowest BCUT2D eigenvalue weighted by molar-refractivity contribution is -0.135. The van der Waals surface area contributed by atoms with Crippen molar-refractivity contribution >= 4 is 11.6 Å². The lowest BCUT2D eigenvalue weighted by Gasteiger charge is -2.46. The van der Waals surface area contributed by atoms with Crippen molar-refractivity contribution < 1.29 is 9.90 Å².